The lowest BCUT2D eigenvalue weighted by Gasteiger charge is -2.28. The van der Waals surface area contributed by atoms with E-state index in [4.69, 9.17) is 0 Å². The number of nitriles is 1. The van der Waals surface area contributed by atoms with Crippen LogP contribution in [0.4, 0.5) is 0 Å². The number of hydrogen-bond donors (Lipinski definition) is 0. The van der Waals surface area contributed by atoms with Gasteiger partial charge in [-0.3, -0.25) is 0 Å². The molecule has 0 saturated heterocycles. The molecule has 2 nitrogen and oxygen atoms in total. The zero-order valence-electron chi connectivity index (χ0n) is 12.5. The molecule has 0 atom stereocenters. The fraction of sp³-hybridized carbons (Fsp3) is 0.300. The Labute approximate surface area is 131 Å². The van der Waals surface area contributed by atoms with E-state index in [2.05, 4.69) is 59.7 Å². The van der Waals surface area contributed by atoms with E-state index in [1.807, 2.05) is 0 Å². The molecule has 1 spiro atoms. The summed E-state index contributed by atoms with van der Waals surface area (Å²) in [4.78, 5) is 4.27. The summed E-state index contributed by atoms with van der Waals surface area (Å²) < 4.78 is 0. The maximum Gasteiger partial charge on any atom is 0.205 e. The van der Waals surface area contributed by atoms with Crippen molar-refractivity contribution in [2.45, 2.75) is 32.1 Å². The SMILES string of the molecule is N#CN=C1c2ccccc2CC12CCc1ccccc1CC2. The predicted octanol–water partition coefficient (Wildman–Crippen LogP) is 4.08. The van der Waals surface area contributed by atoms with E-state index in [0.717, 1.165) is 37.8 Å². The molecule has 108 valence electrons. The first kappa shape index (κ1) is 13.3. The number of benzene rings is 2. The van der Waals surface area contributed by atoms with Crippen LogP contribution in [0.5, 0.6) is 0 Å². The van der Waals surface area contributed by atoms with Crippen LogP contribution in [0.1, 0.15) is 35.1 Å². The summed E-state index contributed by atoms with van der Waals surface area (Å²) in [7, 11) is 0. The van der Waals surface area contributed by atoms with Crippen molar-refractivity contribution >= 4 is 5.71 Å². The Kier molecular flexibility index (Phi) is 3.08. The Bertz CT molecular complexity index is 768. The molecule has 2 heteroatoms. The Balaban J connectivity index is 1.77. The van der Waals surface area contributed by atoms with Crippen LogP contribution in [-0.4, -0.2) is 5.71 Å². The van der Waals surface area contributed by atoms with Gasteiger partial charge in [-0.1, -0.05) is 48.5 Å². The van der Waals surface area contributed by atoms with Crippen LogP contribution < -0.4 is 0 Å². The number of nitrogens with zero attached hydrogens (tertiary/aromatic N) is 2. The molecule has 0 aromatic heterocycles. The average molecular weight is 286 g/mol. The maximum absolute atomic E-state index is 9.17. The van der Waals surface area contributed by atoms with Crippen molar-refractivity contribution in [3.8, 4) is 6.19 Å². The second-order valence-corrected chi connectivity index (χ2v) is 6.44. The van der Waals surface area contributed by atoms with Crippen LogP contribution in [-0.2, 0) is 19.3 Å². The van der Waals surface area contributed by atoms with Crippen molar-refractivity contribution in [1.29, 1.82) is 5.26 Å². The lowest BCUT2D eigenvalue weighted by atomic mass is 9.76. The van der Waals surface area contributed by atoms with E-state index >= 15 is 0 Å². The van der Waals surface area contributed by atoms with Gasteiger partial charge in [-0.05, 0) is 48.8 Å². The lowest BCUT2D eigenvalue weighted by Crippen LogP contribution is -2.29. The molecule has 0 saturated carbocycles. The van der Waals surface area contributed by atoms with Crippen molar-refractivity contribution in [3.05, 3.63) is 70.8 Å². The predicted molar refractivity (Wildman–Crippen MR) is 87.8 cm³/mol. The Morgan fingerprint density at radius 3 is 2.09 bits per heavy atom. The van der Waals surface area contributed by atoms with Crippen molar-refractivity contribution in [1.82, 2.24) is 0 Å². The summed E-state index contributed by atoms with van der Waals surface area (Å²) in [6.07, 6.45) is 7.40. The van der Waals surface area contributed by atoms with Crippen LogP contribution in [0.3, 0.4) is 0 Å². The number of aliphatic imine (C=N–C) groups is 1. The van der Waals surface area contributed by atoms with Gasteiger partial charge in [-0.2, -0.15) is 10.3 Å². The van der Waals surface area contributed by atoms with E-state index in [9.17, 15) is 5.26 Å². The second-order valence-electron chi connectivity index (χ2n) is 6.44. The molecular weight excluding hydrogens is 268 g/mol. The van der Waals surface area contributed by atoms with Gasteiger partial charge < -0.3 is 0 Å². The standard InChI is InChI=1S/C20H18N2/c21-14-22-19-18-8-4-3-7-17(18)13-20(19)11-9-15-5-1-2-6-16(15)10-12-20/h1-8H,9-13H2. The molecule has 0 radical (unpaired) electrons. The first-order chi connectivity index (χ1) is 10.8. The van der Waals surface area contributed by atoms with Gasteiger partial charge in [0.05, 0.1) is 5.71 Å². The maximum atomic E-state index is 9.17. The monoisotopic (exact) mass is 286 g/mol. The van der Waals surface area contributed by atoms with E-state index in [1.165, 1.54) is 22.3 Å². The topological polar surface area (TPSA) is 36.1 Å². The third-order valence-electron chi connectivity index (χ3n) is 5.33. The van der Waals surface area contributed by atoms with Gasteiger partial charge in [0.2, 0.25) is 6.19 Å². The normalized spacial score (nSPS) is 20.2. The molecule has 2 aromatic rings. The molecule has 0 aliphatic heterocycles. The lowest BCUT2D eigenvalue weighted by molar-refractivity contribution is 0.376. The molecule has 4 rings (SSSR count). The minimum absolute atomic E-state index is 0.0401. The highest BCUT2D eigenvalue weighted by atomic mass is 14.8. The zero-order chi connectivity index (χ0) is 15.0. The summed E-state index contributed by atoms with van der Waals surface area (Å²) in [5.41, 5.74) is 6.53. The molecule has 2 aliphatic carbocycles. The fourth-order valence-corrected chi connectivity index (χ4v) is 4.20. The molecule has 0 amide bonds. The van der Waals surface area contributed by atoms with Gasteiger partial charge in [0.25, 0.3) is 0 Å². The van der Waals surface area contributed by atoms with Crippen LogP contribution in [0.15, 0.2) is 53.5 Å². The van der Waals surface area contributed by atoms with Crippen LogP contribution in [0.2, 0.25) is 0 Å². The van der Waals surface area contributed by atoms with Crippen molar-refractivity contribution in [2.24, 2.45) is 10.4 Å². The Morgan fingerprint density at radius 2 is 1.45 bits per heavy atom. The summed E-state index contributed by atoms with van der Waals surface area (Å²) in [5, 5.41) is 9.17. The van der Waals surface area contributed by atoms with E-state index in [1.54, 1.807) is 0 Å². The van der Waals surface area contributed by atoms with E-state index < -0.39 is 0 Å². The molecule has 0 bridgehead atoms. The van der Waals surface area contributed by atoms with Gasteiger partial charge in [0.1, 0.15) is 0 Å². The Hall–Kier alpha value is -2.40. The molecule has 0 heterocycles. The van der Waals surface area contributed by atoms with Gasteiger partial charge in [0.15, 0.2) is 0 Å². The third kappa shape index (κ3) is 1.97. The van der Waals surface area contributed by atoms with E-state index in [-0.39, 0.29) is 5.41 Å². The zero-order valence-corrected chi connectivity index (χ0v) is 12.5. The number of fused-ring (bicyclic) bond motifs is 2. The molecule has 2 aliphatic rings. The number of aryl methyl sites for hydroxylation is 2. The summed E-state index contributed by atoms with van der Waals surface area (Å²) >= 11 is 0. The van der Waals surface area contributed by atoms with Crippen molar-refractivity contribution < 1.29 is 0 Å². The second kappa shape index (κ2) is 5.10. The molecular formula is C20H18N2. The highest BCUT2D eigenvalue weighted by Crippen LogP contribution is 2.46. The molecule has 0 N–H and O–H groups in total. The van der Waals surface area contributed by atoms with Gasteiger partial charge >= 0.3 is 0 Å². The fourth-order valence-electron chi connectivity index (χ4n) is 4.20. The highest BCUT2D eigenvalue weighted by molar-refractivity contribution is 6.09. The molecule has 2 aromatic carbocycles. The summed E-state index contributed by atoms with van der Waals surface area (Å²) in [5.74, 6) is 0. The first-order valence-corrected chi connectivity index (χ1v) is 7.95. The highest BCUT2D eigenvalue weighted by Gasteiger charge is 2.43. The largest absolute Gasteiger partial charge is 0.205 e. The summed E-state index contributed by atoms with van der Waals surface area (Å²) in [6.45, 7) is 0. The minimum Gasteiger partial charge on any atom is -0.177 e. The van der Waals surface area contributed by atoms with Crippen molar-refractivity contribution in [2.75, 3.05) is 0 Å². The number of hydrogen-bond acceptors (Lipinski definition) is 2. The number of rotatable bonds is 0. The Morgan fingerprint density at radius 1 is 0.864 bits per heavy atom. The average Bonchev–Trinajstić information content (AvgIpc) is 2.73. The summed E-state index contributed by atoms with van der Waals surface area (Å²) in [6, 6.07) is 17.2. The van der Waals surface area contributed by atoms with Crippen LogP contribution >= 0.6 is 0 Å². The van der Waals surface area contributed by atoms with Crippen molar-refractivity contribution in [3.63, 3.8) is 0 Å². The quantitative estimate of drug-likeness (QED) is 0.672. The van der Waals surface area contributed by atoms with Gasteiger partial charge in [0, 0.05) is 11.0 Å². The van der Waals surface area contributed by atoms with E-state index in [0.29, 0.717) is 0 Å². The van der Waals surface area contributed by atoms with Crippen LogP contribution in [0.25, 0.3) is 0 Å². The third-order valence-corrected chi connectivity index (χ3v) is 5.33. The molecule has 22 heavy (non-hydrogen) atoms. The van der Waals surface area contributed by atoms with Crippen LogP contribution in [0, 0.1) is 16.9 Å². The smallest absolute Gasteiger partial charge is 0.177 e. The minimum atomic E-state index is 0.0401. The van der Waals surface area contributed by atoms with Gasteiger partial charge in [-0.25, -0.2) is 0 Å². The molecule has 0 fully saturated rings. The van der Waals surface area contributed by atoms with Gasteiger partial charge in [-0.15, -0.1) is 0 Å². The molecule has 0 unspecified atom stereocenters. The first-order valence-electron chi connectivity index (χ1n) is 7.95.